The monoisotopic (exact) mass is 405 g/mol. The predicted octanol–water partition coefficient (Wildman–Crippen LogP) is 1.70. The van der Waals surface area contributed by atoms with Crippen LogP contribution in [0.25, 0.3) is 0 Å². The van der Waals surface area contributed by atoms with Gasteiger partial charge >= 0.3 is 0 Å². The number of rotatable bonds is 3. The summed E-state index contributed by atoms with van der Waals surface area (Å²) >= 11 is 1.48. The summed E-state index contributed by atoms with van der Waals surface area (Å²) in [6.07, 6.45) is 6.03. The van der Waals surface area contributed by atoms with E-state index in [0.29, 0.717) is 36.7 Å². The molecule has 5 heterocycles. The second-order valence-corrected chi connectivity index (χ2v) is 9.84. The van der Waals surface area contributed by atoms with E-state index in [4.69, 9.17) is 4.74 Å². The van der Waals surface area contributed by atoms with Gasteiger partial charge in [-0.25, -0.2) is 0 Å². The predicted molar refractivity (Wildman–Crippen MR) is 107 cm³/mol. The first kappa shape index (κ1) is 18.9. The van der Waals surface area contributed by atoms with Crippen LogP contribution in [-0.2, 0) is 16.0 Å². The third kappa shape index (κ3) is 3.49. The maximum absolute atomic E-state index is 13.1. The van der Waals surface area contributed by atoms with Gasteiger partial charge in [-0.15, -0.1) is 5.10 Å². The Balaban J connectivity index is 1.16. The van der Waals surface area contributed by atoms with Gasteiger partial charge in [0.25, 0.3) is 0 Å². The first-order chi connectivity index (χ1) is 13.6. The van der Waals surface area contributed by atoms with E-state index in [2.05, 4.69) is 38.1 Å². The van der Waals surface area contributed by atoms with Gasteiger partial charge in [0.15, 0.2) is 0 Å². The molecule has 0 saturated carbocycles. The number of piperidine rings is 1. The summed E-state index contributed by atoms with van der Waals surface area (Å²) < 4.78 is 10.0. The largest absolute Gasteiger partial charge is 0.373 e. The summed E-state index contributed by atoms with van der Waals surface area (Å²) in [6.45, 7) is 9.03. The summed E-state index contributed by atoms with van der Waals surface area (Å²) in [7, 11) is 0. The second kappa shape index (κ2) is 7.63. The number of aromatic nitrogens is 2. The highest BCUT2D eigenvalue weighted by Gasteiger charge is 2.44. The maximum atomic E-state index is 13.1. The molecule has 0 radical (unpaired) electrons. The topological polar surface area (TPSA) is 61.8 Å². The fourth-order valence-corrected chi connectivity index (χ4v) is 6.59. The van der Waals surface area contributed by atoms with Crippen molar-refractivity contribution in [2.75, 3.05) is 32.7 Å². The van der Waals surface area contributed by atoms with Crippen molar-refractivity contribution in [3.63, 3.8) is 0 Å². The van der Waals surface area contributed by atoms with Crippen LogP contribution >= 0.6 is 11.5 Å². The molecule has 1 amide bonds. The molecule has 0 spiro atoms. The van der Waals surface area contributed by atoms with Crippen LogP contribution in [0, 0.1) is 0 Å². The molecular weight excluding hydrogens is 374 g/mol. The number of morpholine rings is 1. The lowest BCUT2D eigenvalue weighted by Gasteiger charge is -2.44. The molecule has 3 saturated heterocycles. The molecule has 1 aromatic rings. The number of fused-ring (bicyclic) bond motifs is 4. The van der Waals surface area contributed by atoms with Gasteiger partial charge < -0.3 is 9.64 Å². The standard InChI is InChI=1S/C20H31N5O2S/c1-13-10-24(11-14(2)27-13)15-5-7-23(8-6-15)12-19(26)25-16-3-4-18(25)20-17(9-16)21-22-28-20/h13-16,18H,3-12H2,1-2H3/t13-,14-,16-,18-/m1/s1. The normalized spacial score (nSPS) is 34.6. The van der Waals surface area contributed by atoms with E-state index in [0.717, 1.165) is 64.0 Å². The molecule has 4 aliphatic rings. The van der Waals surface area contributed by atoms with Crippen molar-refractivity contribution in [1.82, 2.24) is 24.3 Å². The zero-order chi connectivity index (χ0) is 19.3. The Morgan fingerprint density at radius 3 is 2.61 bits per heavy atom. The quantitative estimate of drug-likeness (QED) is 0.763. The smallest absolute Gasteiger partial charge is 0.237 e. The third-order valence-corrected chi connectivity index (χ3v) is 7.86. The first-order valence-electron chi connectivity index (χ1n) is 10.8. The van der Waals surface area contributed by atoms with E-state index in [-0.39, 0.29) is 6.04 Å². The molecule has 8 heteroatoms. The number of ether oxygens (including phenoxy) is 1. The molecular formula is C20H31N5O2S. The Labute approximate surface area is 171 Å². The molecule has 4 atom stereocenters. The Hall–Kier alpha value is -1.09. The van der Waals surface area contributed by atoms with Crippen LogP contribution in [0.1, 0.15) is 56.1 Å². The summed E-state index contributed by atoms with van der Waals surface area (Å²) in [5.74, 6) is 0.304. The average Bonchev–Trinajstić information content (AvgIpc) is 3.26. The van der Waals surface area contributed by atoms with E-state index in [1.165, 1.54) is 16.4 Å². The molecule has 0 aliphatic carbocycles. The third-order valence-electron chi connectivity index (χ3n) is 6.99. The number of amides is 1. The van der Waals surface area contributed by atoms with E-state index < -0.39 is 0 Å². The van der Waals surface area contributed by atoms with Gasteiger partial charge in [0.1, 0.15) is 0 Å². The summed E-state index contributed by atoms with van der Waals surface area (Å²) in [4.78, 5) is 21.5. The summed E-state index contributed by atoms with van der Waals surface area (Å²) in [6, 6.07) is 1.20. The zero-order valence-corrected chi connectivity index (χ0v) is 17.7. The molecule has 4 aliphatic heterocycles. The Kier molecular flexibility index (Phi) is 5.15. The number of carbonyl (C=O) groups is 1. The Morgan fingerprint density at radius 1 is 1.11 bits per heavy atom. The van der Waals surface area contributed by atoms with E-state index in [1.54, 1.807) is 0 Å². The van der Waals surface area contributed by atoms with Crippen LogP contribution in [0.2, 0.25) is 0 Å². The summed E-state index contributed by atoms with van der Waals surface area (Å²) in [5, 5.41) is 4.28. The molecule has 0 aromatic carbocycles. The fraction of sp³-hybridized carbons (Fsp3) is 0.850. The molecule has 28 heavy (non-hydrogen) atoms. The van der Waals surface area contributed by atoms with Gasteiger partial charge in [0.2, 0.25) is 5.91 Å². The van der Waals surface area contributed by atoms with Crippen LogP contribution in [0.3, 0.4) is 0 Å². The number of carbonyl (C=O) groups excluding carboxylic acids is 1. The molecule has 5 rings (SSSR count). The van der Waals surface area contributed by atoms with Crippen LogP contribution in [-0.4, -0.2) is 87.2 Å². The van der Waals surface area contributed by atoms with Gasteiger partial charge in [-0.3, -0.25) is 14.6 Å². The van der Waals surface area contributed by atoms with Crippen molar-refractivity contribution < 1.29 is 9.53 Å². The lowest BCUT2D eigenvalue weighted by atomic mass is 10.0. The Morgan fingerprint density at radius 2 is 1.86 bits per heavy atom. The van der Waals surface area contributed by atoms with Crippen LogP contribution < -0.4 is 0 Å². The van der Waals surface area contributed by atoms with Gasteiger partial charge in [0.05, 0.1) is 35.4 Å². The molecule has 3 fully saturated rings. The lowest BCUT2D eigenvalue weighted by molar-refractivity contribution is -0.136. The van der Waals surface area contributed by atoms with Crippen LogP contribution in [0.5, 0.6) is 0 Å². The molecule has 0 N–H and O–H groups in total. The second-order valence-electron chi connectivity index (χ2n) is 9.05. The maximum Gasteiger partial charge on any atom is 0.237 e. The highest BCUT2D eigenvalue weighted by molar-refractivity contribution is 7.05. The zero-order valence-electron chi connectivity index (χ0n) is 16.9. The molecule has 0 unspecified atom stereocenters. The molecule has 154 valence electrons. The van der Waals surface area contributed by atoms with Crippen molar-refractivity contribution in [3.8, 4) is 0 Å². The van der Waals surface area contributed by atoms with Gasteiger partial charge in [-0.2, -0.15) is 0 Å². The number of hydrogen-bond donors (Lipinski definition) is 0. The lowest BCUT2D eigenvalue weighted by Crippen LogP contribution is -2.54. The molecule has 7 nitrogen and oxygen atoms in total. The van der Waals surface area contributed by atoms with Crippen molar-refractivity contribution in [2.24, 2.45) is 0 Å². The van der Waals surface area contributed by atoms with Gasteiger partial charge in [0, 0.05) is 44.7 Å². The SMILES string of the molecule is C[C@@H]1CN(C2CCN(CC(=O)N3[C@@H]4CC[C@@H]3c3snnc3C4)CC2)C[C@@H](C)O1. The summed E-state index contributed by atoms with van der Waals surface area (Å²) in [5.41, 5.74) is 1.14. The fourth-order valence-electron chi connectivity index (χ4n) is 5.78. The van der Waals surface area contributed by atoms with E-state index >= 15 is 0 Å². The minimum atomic E-state index is 0.232. The highest BCUT2D eigenvalue weighted by Crippen LogP contribution is 2.44. The molecule has 1 aromatic heterocycles. The van der Waals surface area contributed by atoms with Gasteiger partial charge in [-0.1, -0.05) is 4.49 Å². The first-order valence-corrected chi connectivity index (χ1v) is 11.6. The number of likely N-dealkylation sites (tertiary alicyclic amines) is 1. The van der Waals surface area contributed by atoms with E-state index in [1.807, 2.05) is 0 Å². The minimum absolute atomic E-state index is 0.232. The van der Waals surface area contributed by atoms with Crippen molar-refractivity contribution in [1.29, 1.82) is 0 Å². The van der Waals surface area contributed by atoms with Crippen LogP contribution in [0.15, 0.2) is 0 Å². The highest BCUT2D eigenvalue weighted by atomic mass is 32.1. The van der Waals surface area contributed by atoms with Crippen molar-refractivity contribution >= 4 is 17.4 Å². The minimum Gasteiger partial charge on any atom is -0.373 e. The average molecular weight is 406 g/mol. The van der Waals surface area contributed by atoms with Crippen LogP contribution in [0.4, 0.5) is 0 Å². The number of nitrogens with zero attached hydrogens (tertiary/aromatic N) is 5. The van der Waals surface area contributed by atoms with Crippen molar-refractivity contribution in [3.05, 3.63) is 10.6 Å². The Bertz CT molecular complexity index is 709. The van der Waals surface area contributed by atoms with Crippen molar-refractivity contribution in [2.45, 2.75) is 76.3 Å². The number of hydrogen-bond acceptors (Lipinski definition) is 7. The van der Waals surface area contributed by atoms with E-state index in [9.17, 15) is 4.79 Å². The van der Waals surface area contributed by atoms with Gasteiger partial charge in [-0.05, 0) is 51.1 Å². The molecule has 2 bridgehead atoms.